The van der Waals surface area contributed by atoms with E-state index in [-0.39, 0.29) is 11.9 Å². The Balaban J connectivity index is 3.17. The van der Waals surface area contributed by atoms with E-state index in [4.69, 9.17) is 4.74 Å². The Kier molecular flexibility index (Phi) is 3.10. The fourth-order valence-corrected chi connectivity index (χ4v) is 1.60. The molecule has 0 bridgehead atoms. The number of ether oxygens (including phenoxy) is 1. The molecular weight excluding hydrogens is 207 g/mol. The summed E-state index contributed by atoms with van der Waals surface area (Å²) in [5.41, 5.74) is 0. The molecule has 0 aliphatic rings. The van der Waals surface area contributed by atoms with Crippen molar-refractivity contribution in [3.8, 4) is 5.75 Å². The highest BCUT2D eigenvalue weighted by atomic mass is 32.3. The number of hydrogen-bond acceptors (Lipinski definition) is 3. The molecule has 0 radical (unpaired) electrons. The molecule has 1 rings (SSSR count). The lowest BCUT2D eigenvalue weighted by Crippen LogP contribution is -2.08. The maximum atomic E-state index is 12.7. The van der Waals surface area contributed by atoms with Crippen LogP contribution in [0.4, 0.5) is 3.89 Å². The topological polar surface area (TPSA) is 43.4 Å². The lowest BCUT2D eigenvalue weighted by molar-refractivity contribution is 0.235. The van der Waals surface area contributed by atoms with Gasteiger partial charge in [0, 0.05) is 0 Å². The largest absolute Gasteiger partial charge is 0.490 e. The van der Waals surface area contributed by atoms with Gasteiger partial charge in [-0.05, 0) is 26.0 Å². The van der Waals surface area contributed by atoms with Crippen LogP contribution in [-0.2, 0) is 10.2 Å². The molecule has 0 fully saturated rings. The average Bonchev–Trinajstić information content (AvgIpc) is 2.01. The van der Waals surface area contributed by atoms with Crippen LogP contribution in [0, 0.1) is 0 Å². The molecular formula is C9H11FO3S. The van der Waals surface area contributed by atoms with Gasteiger partial charge in [-0.15, -0.1) is 3.89 Å². The highest BCUT2D eigenvalue weighted by Crippen LogP contribution is 2.25. The lowest BCUT2D eigenvalue weighted by Gasteiger charge is -2.11. The van der Waals surface area contributed by atoms with Crippen molar-refractivity contribution in [2.24, 2.45) is 0 Å². The van der Waals surface area contributed by atoms with E-state index in [1.54, 1.807) is 19.9 Å². The smallest absolute Gasteiger partial charge is 0.335 e. The first-order valence-corrected chi connectivity index (χ1v) is 5.50. The van der Waals surface area contributed by atoms with Crippen LogP contribution >= 0.6 is 0 Å². The van der Waals surface area contributed by atoms with E-state index in [0.29, 0.717) is 0 Å². The molecule has 3 nitrogen and oxygen atoms in total. The Labute approximate surface area is 82.7 Å². The SMILES string of the molecule is CC(C)Oc1ccccc1S(=O)(=O)F. The van der Waals surface area contributed by atoms with Crippen LogP contribution in [0.2, 0.25) is 0 Å². The van der Waals surface area contributed by atoms with Gasteiger partial charge in [-0.1, -0.05) is 12.1 Å². The number of halogens is 1. The zero-order valence-corrected chi connectivity index (χ0v) is 8.71. The second-order valence-electron chi connectivity index (χ2n) is 3.05. The second-order valence-corrected chi connectivity index (χ2v) is 4.37. The summed E-state index contributed by atoms with van der Waals surface area (Å²) in [7, 11) is -4.70. The standard InChI is InChI=1S/C9H11FO3S/c1-7(2)13-8-5-3-4-6-9(8)14(10,11)12/h3-7H,1-2H3. The summed E-state index contributed by atoms with van der Waals surface area (Å²) in [5, 5.41) is 0. The zero-order chi connectivity index (χ0) is 10.8. The van der Waals surface area contributed by atoms with Gasteiger partial charge in [0.15, 0.2) is 0 Å². The Morgan fingerprint density at radius 1 is 1.29 bits per heavy atom. The van der Waals surface area contributed by atoms with E-state index in [0.717, 1.165) is 0 Å². The minimum absolute atomic E-state index is 0.0463. The van der Waals surface area contributed by atoms with E-state index in [2.05, 4.69) is 0 Å². The predicted octanol–water partition coefficient (Wildman–Crippen LogP) is 2.13. The van der Waals surface area contributed by atoms with E-state index in [1.807, 2.05) is 0 Å². The van der Waals surface area contributed by atoms with Gasteiger partial charge >= 0.3 is 10.2 Å². The zero-order valence-electron chi connectivity index (χ0n) is 7.90. The molecule has 0 unspecified atom stereocenters. The fourth-order valence-electron chi connectivity index (χ4n) is 1.00. The number of para-hydroxylation sites is 1. The van der Waals surface area contributed by atoms with E-state index in [9.17, 15) is 12.3 Å². The lowest BCUT2D eigenvalue weighted by atomic mass is 10.3. The van der Waals surface area contributed by atoms with Gasteiger partial charge in [-0.25, -0.2) is 0 Å². The van der Waals surface area contributed by atoms with Gasteiger partial charge < -0.3 is 4.74 Å². The Morgan fingerprint density at radius 3 is 2.36 bits per heavy atom. The Bertz CT molecular complexity index is 412. The molecule has 78 valence electrons. The summed E-state index contributed by atoms with van der Waals surface area (Å²) in [4.78, 5) is -0.422. The fraction of sp³-hybridized carbons (Fsp3) is 0.333. The van der Waals surface area contributed by atoms with Crippen LogP contribution in [0.25, 0.3) is 0 Å². The molecule has 0 heterocycles. The summed E-state index contributed by atoms with van der Waals surface area (Å²) in [6.07, 6.45) is -0.196. The Hall–Kier alpha value is -1.10. The first-order chi connectivity index (χ1) is 6.41. The molecule has 14 heavy (non-hydrogen) atoms. The molecule has 5 heteroatoms. The summed E-state index contributed by atoms with van der Waals surface area (Å²) < 4.78 is 39.3. The van der Waals surface area contributed by atoms with Crippen molar-refractivity contribution in [3.63, 3.8) is 0 Å². The van der Waals surface area contributed by atoms with E-state index >= 15 is 0 Å². The third kappa shape index (κ3) is 2.70. The van der Waals surface area contributed by atoms with Crippen LogP contribution < -0.4 is 4.74 Å². The van der Waals surface area contributed by atoms with Crippen LogP contribution in [0.15, 0.2) is 29.2 Å². The molecule has 0 saturated carbocycles. The number of hydrogen-bond donors (Lipinski definition) is 0. The third-order valence-electron chi connectivity index (χ3n) is 1.47. The first kappa shape index (κ1) is 11.0. The third-order valence-corrected chi connectivity index (χ3v) is 2.34. The van der Waals surface area contributed by atoms with Crippen LogP contribution in [0.1, 0.15) is 13.8 Å². The number of rotatable bonds is 3. The molecule has 0 aliphatic heterocycles. The van der Waals surface area contributed by atoms with Gasteiger partial charge in [0.05, 0.1) is 6.10 Å². The molecule has 0 aromatic heterocycles. The van der Waals surface area contributed by atoms with Gasteiger partial charge in [0.2, 0.25) is 0 Å². The van der Waals surface area contributed by atoms with Crippen LogP contribution in [0.3, 0.4) is 0 Å². The summed E-state index contributed by atoms with van der Waals surface area (Å²) in [6, 6.07) is 5.63. The molecule has 0 aliphatic carbocycles. The minimum Gasteiger partial charge on any atom is -0.490 e. The van der Waals surface area contributed by atoms with Gasteiger partial charge in [-0.2, -0.15) is 8.42 Å². The van der Waals surface area contributed by atoms with Gasteiger partial charge in [-0.3, -0.25) is 0 Å². The summed E-state index contributed by atoms with van der Waals surface area (Å²) in [5.74, 6) is 0.0463. The molecule has 0 amide bonds. The predicted molar refractivity (Wildman–Crippen MR) is 50.5 cm³/mol. The monoisotopic (exact) mass is 218 g/mol. The quantitative estimate of drug-likeness (QED) is 0.730. The van der Waals surface area contributed by atoms with Crippen molar-refractivity contribution in [2.75, 3.05) is 0 Å². The van der Waals surface area contributed by atoms with Crippen molar-refractivity contribution < 1.29 is 17.0 Å². The van der Waals surface area contributed by atoms with E-state index in [1.165, 1.54) is 18.2 Å². The minimum atomic E-state index is -4.70. The van der Waals surface area contributed by atoms with Crippen LogP contribution in [-0.4, -0.2) is 14.5 Å². The van der Waals surface area contributed by atoms with E-state index < -0.39 is 15.1 Å². The summed E-state index contributed by atoms with van der Waals surface area (Å²) >= 11 is 0. The maximum absolute atomic E-state index is 12.7. The number of benzene rings is 1. The van der Waals surface area contributed by atoms with Crippen LogP contribution in [0.5, 0.6) is 5.75 Å². The molecule has 0 saturated heterocycles. The maximum Gasteiger partial charge on any atom is 0.335 e. The van der Waals surface area contributed by atoms with Crippen molar-refractivity contribution >= 4 is 10.2 Å². The van der Waals surface area contributed by atoms with Crippen molar-refractivity contribution in [1.29, 1.82) is 0 Å². The Morgan fingerprint density at radius 2 is 1.86 bits per heavy atom. The molecule has 0 N–H and O–H groups in total. The second kappa shape index (κ2) is 3.96. The normalized spacial score (nSPS) is 11.7. The molecule has 0 atom stereocenters. The van der Waals surface area contributed by atoms with Crippen molar-refractivity contribution in [3.05, 3.63) is 24.3 Å². The van der Waals surface area contributed by atoms with Gasteiger partial charge in [0.25, 0.3) is 0 Å². The average molecular weight is 218 g/mol. The molecule has 1 aromatic rings. The van der Waals surface area contributed by atoms with Crippen molar-refractivity contribution in [2.45, 2.75) is 24.8 Å². The highest BCUT2D eigenvalue weighted by molar-refractivity contribution is 7.86. The first-order valence-electron chi connectivity index (χ1n) is 4.11. The molecule has 1 aromatic carbocycles. The summed E-state index contributed by atoms with van der Waals surface area (Å²) in [6.45, 7) is 3.48. The molecule has 0 spiro atoms. The van der Waals surface area contributed by atoms with Gasteiger partial charge in [0.1, 0.15) is 10.6 Å². The van der Waals surface area contributed by atoms with Crippen molar-refractivity contribution in [1.82, 2.24) is 0 Å². The highest BCUT2D eigenvalue weighted by Gasteiger charge is 2.18.